The largest absolute Gasteiger partial charge is 0.440 e. The zero-order valence-corrected chi connectivity index (χ0v) is 14.2. The molecule has 1 saturated carbocycles. The lowest BCUT2D eigenvalue weighted by molar-refractivity contribution is 0.502. The van der Waals surface area contributed by atoms with Gasteiger partial charge in [0.05, 0.1) is 0 Å². The Hall–Kier alpha value is -1.38. The zero-order valence-electron chi connectivity index (χ0n) is 14.2. The van der Waals surface area contributed by atoms with Gasteiger partial charge in [-0.2, -0.15) is 0 Å². The van der Waals surface area contributed by atoms with Crippen LogP contribution in [-0.2, 0) is 0 Å². The van der Waals surface area contributed by atoms with Crippen LogP contribution in [0.2, 0.25) is 0 Å². The molecule has 1 fully saturated rings. The van der Waals surface area contributed by atoms with Gasteiger partial charge in [-0.25, -0.2) is 9.37 Å². The van der Waals surface area contributed by atoms with E-state index in [4.69, 9.17) is 4.42 Å². The molecule has 0 amide bonds. The molecule has 3 heteroatoms. The minimum absolute atomic E-state index is 0.258. The quantitative estimate of drug-likeness (QED) is 0.461. The third kappa shape index (κ3) is 4.55. The SMILES string of the molecule is CCCCCCCCCC[C@H]1C[C@@H]1c1nc2ccc(F)cc2o1. The maximum Gasteiger partial charge on any atom is 0.198 e. The number of nitrogens with zero attached hydrogens (tertiary/aromatic N) is 1. The van der Waals surface area contributed by atoms with Gasteiger partial charge in [0.15, 0.2) is 11.5 Å². The van der Waals surface area contributed by atoms with Crippen molar-refractivity contribution in [2.24, 2.45) is 5.92 Å². The Bertz CT molecular complexity index is 621. The maximum atomic E-state index is 13.2. The standard InChI is InChI=1S/C20H28FNO/c1-2-3-4-5-6-7-8-9-10-15-13-17(15)20-22-18-12-11-16(21)14-19(18)23-20/h11-12,14-15,17H,2-10,13H2,1H3/t15-,17-/m0/s1. The minimum atomic E-state index is -0.258. The highest BCUT2D eigenvalue weighted by atomic mass is 19.1. The van der Waals surface area contributed by atoms with Gasteiger partial charge in [0, 0.05) is 12.0 Å². The van der Waals surface area contributed by atoms with Crippen LogP contribution in [0.15, 0.2) is 22.6 Å². The molecular formula is C20H28FNO. The third-order valence-electron chi connectivity index (χ3n) is 5.04. The van der Waals surface area contributed by atoms with E-state index in [1.54, 1.807) is 6.07 Å². The van der Waals surface area contributed by atoms with E-state index in [1.807, 2.05) is 0 Å². The van der Waals surface area contributed by atoms with Crippen molar-refractivity contribution in [1.29, 1.82) is 0 Å². The summed E-state index contributed by atoms with van der Waals surface area (Å²) in [4.78, 5) is 4.52. The van der Waals surface area contributed by atoms with Crippen molar-refractivity contribution in [1.82, 2.24) is 4.98 Å². The van der Waals surface area contributed by atoms with E-state index in [0.29, 0.717) is 11.5 Å². The van der Waals surface area contributed by atoms with Crippen molar-refractivity contribution < 1.29 is 8.81 Å². The van der Waals surface area contributed by atoms with Crippen LogP contribution in [0.5, 0.6) is 0 Å². The van der Waals surface area contributed by atoms with Crippen molar-refractivity contribution in [3.63, 3.8) is 0 Å². The smallest absolute Gasteiger partial charge is 0.198 e. The fourth-order valence-corrected chi connectivity index (χ4v) is 3.48. The fourth-order valence-electron chi connectivity index (χ4n) is 3.48. The molecule has 0 N–H and O–H groups in total. The lowest BCUT2D eigenvalue weighted by atomic mass is 10.1. The van der Waals surface area contributed by atoms with Crippen molar-refractivity contribution in [3.05, 3.63) is 29.9 Å². The summed E-state index contributed by atoms with van der Waals surface area (Å²) in [6.07, 6.45) is 13.4. The van der Waals surface area contributed by atoms with Crippen LogP contribution in [0.3, 0.4) is 0 Å². The molecule has 1 aliphatic rings. The molecule has 2 nitrogen and oxygen atoms in total. The van der Waals surface area contributed by atoms with E-state index in [-0.39, 0.29) is 5.82 Å². The van der Waals surface area contributed by atoms with Crippen LogP contribution in [0.4, 0.5) is 4.39 Å². The predicted molar refractivity (Wildman–Crippen MR) is 92.0 cm³/mol. The number of fused-ring (bicyclic) bond motifs is 1. The molecule has 1 aromatic carbocycles. The number of hydrogen-bond donors (Lipinski definition) is 0. The molecule has 0 aliphatic heterocycles. The Balaban J connectivity index is 1.34. The van der Waals surface area contributed by atoms with E-state index in [1.165, 1.54) is 76.3 Å². The van der Waals surface area contributed by atoms with Crippen LogP contribution in [-0.4, -0.2) is 4.98 Å². The predicted octanol–water partition coefficient (Wildman–Crippen LogP) is 6.60. The number of aromatic nitrogens is 1. The normalized spacial score (nSPS) is 20.3. The van der Waals surface area contributed by atoms with Gasteiger partial charge in [0.2, 0.25) is 0 Å². The average molecular weight is 317 g/mol. The van der Waals surface area contributed by atoms with Crippen molar-refractivity contribution in [2.45, 2.75) is 77.0 Å². The number of hydrogen-bond acceptors (Lipinski definition) is 2. The van der Waals surface area contributed by atoms with Crippen LogP contribution >= 0.6 is 0 Å². The monoisotopic (exact) mass is 317 g/mol. The van der Waals surface area contributed by atoms with Crippen molar-refractivity contribution in [3.8, 4) is 0 Å². The first-order chi connectivity index (χ1) is 11.3. The molecular weight excluding hydrogens is 289 g/mol. The van der Waals surface area contributed by atoms with Crippen molar-refractivity contribution in [2.75, 3.05) is 0 Å². The zero-order chi connectivity index (χ0) is 16.1. The van der Waals surface area contributed by atoms with Crippen LogP contribution in [0, 0.1) is 11.7 Å². The number of rotatable bonds is 10. The van der Waals surface area contributed by atoms with Gasteiger partial charge in [-0.1, -0.05) is 58.3 Å². The molecule has 0 unspecified atom stereocenters. The lowest BCUT2D eigenvalue weighted by Gasteiger charge is -2.01. The third-order valence-corrected chi connectivity index (χ3v) is 5.04. The van der Waals surface area contributed by atoms with Crippen LogP contribution in [0.1, 0.15) is 82.9 Å². The molecule has 1 aromatic heterocycles. The minimum Gasteiger partial charge on any atom is -0.440 e. The second kappa shape index (κ2) is 7.94. The van der Waals surface area contributed by atoms with E-state index < -0.39 is 0 Å². The van der Waals surface area contributed by atoms with Gasteiger partial charge in [0.25, 0.3) is 0 Å². The highest BCUT2D eigenvalue weighted by Crippen LogP contribution is 2.50. The second-order valence-electron chi connectivity index (χ2n) is 7.03. The summed E-state index contributed by atoms with van der Waals surface area (Å²) < 4.78 is 18.9. The molecule has 126 valence electrons. The lowest BCUT2D eigenvalue weighted by Crippen LogP contribution is -1.86. The van der Waals surface area contributed by atoms with E-state index >= 15 is 0 Å². The Morgan fingerprint density at radius 3 is 2.61 bits per heavy atom. The summed E-state index contributed by atoms with van der Waals surface area (Å²) in [6.45, 7) is 2.26. The Morgan fingerprint density at radius 2 is 1.83 bits per heavy atom. The Labute approximate surface area is 138 Å². The fraction of sp³-hybridized carbons (Fsp3) is 0.650. The second-order valence-corrected chi connectivity index (χ2v) is 7.03. The molecule has 0 radical (unpaired) electrons. The summed E-state index contributed by atoms with van der Waals surface area (Å²) in [5.74, 6) is 1.75. The van der Waals surface area contributed by atoms with E-state index in [9.17, 15) is 4.39 Å². The number of halogens is 1. The van der Waals surface area contributed by atoms with Crippen LogP contribution < -0.4 is 0 Å². The molecule has 1 aliphatic carbocycles. The summed E-state index contributed by atoms with van der Waals surface area (Å²) in [5, 5.41) is 0. The van der Waals surface area contributed by atoms with E-state index in [2.05, 4.69) is 11.9 Å². The van der Waals surface area contributed by atoms with Gasteiger partial charge >= 0.3 is 0 Å². The Morgan fingerprint density at radius 1 is 1.09 bits per heavy atom. The number of oxazole rings is 1. The molecule has 1 heterocycles. The first-order valence-electron chi connectivity index (χ1n) is 9.34. The number of unbranched alkanes of at least 4 members (excludes halogenated alkanes) is 7. The van der Waals surface area contributed by atoms with Gasteiger partial charge in [-0.05, 0) is 30.9 Å². The molecule has 23 heavy (non-hydrogen) atoms. The topological polar surface area (TPSA) is 26.0 Å². The van der Waals surface area contributed by atoms with Gasteiger partial charge in [-0.3, -0.25) is 0 Å². The molecule has 2 aromatic rings. The maximum absolute atomic E-state index is 13.2. The summed E-state index contributed by atoms with van der Waals surface area (Å²) >= 11 is 0. The molecule has 3 rings (SSSR count). The van der Waals surface area contributed by atoms with Gasteiger partial charge < -0.3 is 4.42 Å². The summed E-state index contributed by atoms with van der Waals surface area (Å²) in [7, 11) is 0. The molecule has 0 bridgehead atoms. The Kier molecular flexibility index (Phi) is 5.69. The highest BCUT2D eigenvalue weighted by molar-refractivity contribution is 5.72. The van der Waals surface area contributed by atoms with Gasteiger partial charge in [-0.15, -0.1) is 0 Å². The number of benzene rings is 1. The molecule has 0 saturated heterocycles. The highest BCUT2D eigenvalue weighted by Gasteiger charge is 2.41. The molecule has 0 spiro atoms. The van der Waals surface area contributed by atoms with Crippen LogP contribution in [0.25, 0.3) is 11.1 Å². The first kappa shape index (κ1) is 16.5. The van der Waals surface area contributed by atoms with Gasteiger partial charge in [0.1, 0.15) is 11.3 Å². The summed E-state index contributed by atoms with van der Waals surface area (Å²) in [5.41, 5.74) is 1.36. The molecule has 2 atom stereocenters. The average Bonchev–Trinajstić information content (AvgIpc) is 3.20. The first-order valence-corrected chi connectivity index (χ1v) is 9.34. The van der Waals surface area contributed by atoms with Crippen molar-refractivity contribution >= 4 is 11.1 Å². The summed E-state index contributed by atoms with van der Waals surface area (Å²) in [6, 6.07) is 4.58. The van der Waals surface area contributed by atoms with E-state index in [0.717, 1.165) is 17.3 Å².